The van der Waals surface area contributed by atoms with Crippen LogP contribution in [0.25, 0.3) is 22.4 Å². The monoisotopic (exact) mass is 339 g/mol. The van der Waals surface area contributed by atoms with Gasteiger partial charge in [-0.3, -0.25) is 0 Å². The molecule has 122 valence electrons. The van der Waals surface area contributed by atoms with Crippen LogP contribution in [0.3, 0.4) is 0 Å². The number of anilines is 1. The zero-order chi connectivity index (χ0) is 16.8. The Labute approximate surface area is 146 Å². The van der Waals surface area contributed by atoms with Gasteiger partial charge >= 0.3 is 0 Å². The van der Waals surface area contributed by atoms with Gasteiger partial charge in [-0.25, -0.2) is 9.97 Å². The summed E-state index contributed by atoms with van der Waals surface area (Å²) in [6.07, 6.45) is 2.46. The summed E-state index contributed by atoms with van der Waals surface area (Å²) in [6, 6.07) is 17.7. The highest BCUT2D eigenvalue weighted by molar-refractivity contribution is 6.30. The third-order valence-corrected chi connectivity index (χ3v) is 3.82. The van der Waals surface area contributed by atoms with Crippen molar-refractivity contribution in [1.82, 2.24) is 9.97 Å². The molecule has 4 nitrogen and oxygen atoms in total. The van der Waals surface area contributed by atoms with Gasteiger partial charge in [-0.15, -0.1) is 0 Å². The normalized spacial score (nSPS) is 10.6. The van der Waals surface area contributed by atoms with Crippen LogP contribution in [-0.2, 0) is 0 Å². The number of hydrogen-bond donors (Lipinski definition) is 2. The lowest BCUT2D eigenvalue weighted by Crippen LogP contribution is -2.07. The van der Waals surface area contributed by atoms with E-state index in [0.29, 0.717) is 23.9 Å². The van der Waals surface area contributed by atoms with Crippen LogP contribution in [-0.4, -0.2) is 28.2 Å². The minimum atomic E-state index is 0.138. The van der Waals surface area contributed by atoms with E-state index in [4.69, 9.17) is 16.7 Å². The molecule has 1 heterocycles. The molecule has 3 aromatic rings. The Hall–Kier alpha value is -2.43. The molecule has 0 aliphatic rings. The first-order valence-electron chi connectivity index (χ1n) is 7.81. The first kappa shape index (κ1) is 16.4. The van der Waals surface area contributed by atoms with E-state index < -0.39 is 0 Å². The van der Waals surface area contributed by atoms with Crippen molar-refractivity contribution in [3.8, 4) is 22.4 Å². The second-order valence-corrected chi connectivity index (χ2v) is 5.77. The van der Waals surface area contributed by atoms with Crippen LogP contribution in [0.1, 0.15) is 6.42 Å². The van der Waals surface area contributed by atoms with Crippen molar-refractivity contribution < 1.29 is 5.11 Å². The number of aliphatic hydroxyl groups excluding tert-OH is 1. The summed E-state index contributed by atoms with van der Waals surface area (Å²) in [5, 5.41) is 12.7. The number of hydrogen-bond acceptors (Lipinski definition) is 4. The highest BCUT2D eigenvalue weighted by Gasteiger charge is 2.11. The van der Waals surface area contributed by atoms with Gasteiger partial charge in [0, 0.05) is 35.5 Å². The maximum Gasteiger partial charge on any atom is 0.223 e. The molecule has 0 atom stereocenters. The van der Waals surface area contributed by atoms with Crippen LogP contribution in [0.4, 0.5) is 5.95 Å². The van der Waals surface area contributed by atoms with E-state index in [1.54, 1.807) is 0 Å². The van der Waals surface area contributed by atoms with Gasteiger partial charge in [0.15, 0.2) is 0 Å². The highest BCUT2D eigenvalue weighted by atomic mass is 35.5. The number of aliphatic hydroxyl groups is 1. The van der Waals surface area contributed by atoms with E-state index >= 15 is 0 Å². The van der Waals surface area contributed by atoms with Crippen molar-refractivity contribution in [3.63, 3.8) is 0 Å². The fraction of sp³-hybridized carbons (Fsp3) is 0.158. The Morgan fingerprint density at radius 3 is 2.54 bits per heavy atom. The molecule has 0 bridgehead atoms. The molecule has 24 heavy (non-hydrogen) atoms. The number of rotatable bonds is 6. The number of benzene rings is 2. The Balaban J connectivity index is 2.04. The van der Waals surface area contributed by atoms with Gasteiger partial charge in [-0.1, -0.05) is 54.1 Å². The first-order valence-corrected chi connectivity index (χ1v) is 8.19. The number of nitrogens with zero attached hydrogens (tertiary/aromatic N) is 2. The van der Waals surface area contributed by atoms with Crippen LogP contribution in [0, 0.1) is 0 Å². The molecule has 3 rings (SSSR count). The Bertz CT molecular complexity index is 809. The van der Waals surface area contributed by atoms with E-state index in [1.807, 2.05) is 60.8 Å². The van der Waals surface area contributed by atoms with Crippen molar-refractivity contribution in [2.45, 2.75) is 6.42 Å². The molecule has 0 unspecified atom stereocenters. The van der Waals surface area contributed by atoms with E-state index in [0.717, 1.165) is 22.4 Å². The lowest BCUT2D eigenvalue weighted by Gasteiger charge is -2.12. The fourth-order valence-electron chi connectivity index (χ4n) is 2.43. The zero-order valence-electron chi connectivity index (χ0n) is 13.1. The molecule has 0 aliphatic heterocycles. The summed E-state index contributed by atoms with van der Waals surface area (Å²) in [6.45, 7) is 0.764. The van der Waals surface area contributed by atoms with Crippen molar-refractivity contribution >= 4 is 17.5 Å². The molecule has 2 N–H and O–H groups in total. The molecular formula is C19H18ClN3O. The summed E-state index contributed by atoms with van der Waals surface area (Å²) in [5.41, 5.74) is 3.76. The molecule has 0 fully saturated rings. The Morgan fingerprint density at radius 2 is 1.79 bits per heavy atom. The predicted octanol–water partition coefficient (Wildman–Crippen LogP) is 4.26. The second-order valence-electron chi connectivity index (χ2n) is 5.34. The summed E-state index contributed by atoms with van der Waals surface area (Å²) in [5.74, 6) is 0.549. The molecule has 0 saturated heterocycles. The van der Waals surface area contributed by atoms with Crippen molar-refractivity contribution in [2.75, 3.05) is 18.5 Å². The summed E-state index contributed by atoms with van der Waals surface area (Å²) < 4.78 is 0. The third kappa shape index (κ3) is 3.91. The van der Waals surface area contributed by atoms with Crippen LogP contribution in [0.15, 0.2) is 60.8 Å². The average molecular weight is 340 g/mol. The van der Waals surface area contributed by atoms with E-state index in [2.05, 4.69) is 15.3 Å². The predicted molar refractivity (Wildman–Crippen MR) is 98.1 cm³/mol. The lowest BCUT2D eigenvalue weighted by molar-refractivity contribution is 0.292. The Morgan fingerprint density at radius 1 is 1.00 bits per heavy atom. The maximum absolute atomic E-state index is 8.90. The molecule has 2 aromatic carbocycles. The van der Waals surface area contributed by atoms with E-state index in [-0.39, 0.29) is 6.61 Å². The standard InChI is InChI=1S/C19H18ClN3O/c20-16-9-4-8-15(12-16)17-13-22-19(21-10-5-11-24)23-18(17)14-6-2-1-3-7-14/h1-4,6-9,12-13,24H,5,10-11H2,(H,21,22,23). The second kappa shape index (κ2) is 7.90. The Kier molecular flexibility index (Phi) is 5.41. The number of nitrogens with one attached hydrogen (secondary N) is 1. The maximum atomic E-state index is 8.90. The summed E-state index contributed by atoms with van der Waals surface area (Å²) in [7, 11) is 0. The van der Waals surface area contributed by atoms with E-state index in [9.17, 15) is 0 Å². The first-order chi connectivity index (χ1) is 11.8. The largest absolute Gasteiger partial charge is 0.396 e. The molecule has 0 aliphatic carbocycles. The van der Waals surface area contributed by atoms with Gasteiger partial charge in [0.05, 0.1) is 5.69 Å². The van der Waals surface area contributed by atoms with Gasteiger partial charge < -0.3 is 10.4 Å². The quantitative estimate of drug-likeness (QED) is 0.659. The molecule has 0 saturated carbocycles. The zero-order valence-corrected chi connectivity index (χ0v) is 13.9. The molecule has 0 radical (unpaired) electrons. The van der Waals surface area contributed by atoms with Gasteiger partial charge in [0.2, 0.25) is 5.95 Å². The number of halogens is 1. The van der Waals surface area contributed by atoms with Gasteiger partial charge in [0.25, 0.3) is 0 Å². The lowest BCUT2D eigenvalue weighted by atomic mass is 10.0. The van der Waals surface area contributed by atoms with Gasteiger partial charge in [0.1, 0.15) is 0 Å². The third-order valence-electron chi connectivity index (χ3n) is 3.59. The van der Waals surface area contributed by atoms with Crippen molar-refractivity contribution in [3.05, 3.63) is 65.8 Å². The minimum Gasteiger partial charge on any atom is -0.396 e. The SMILES string of the molecule is OCCCNc1ncc(-c2cccc(Cl)c2)c(-c2ccccc2)n1. The van der Waals surface area contributed by atoms with Crippen LogP contribution in [0.5, 0.6) is 0 Å². The van der Waals surface area contributed by atoms with Gasteiger partial charge in [-0.2, -0.15) is 0 Å². The highest BCUT2D eigenvalue weighted by Crippen LogP contribution is 2.31. The summed E-state index contributed by atoms with van der Waals surface area (Å²) in [4.78, 5) is 9.07. The number of aromatic nitrogens is 2. The molecule has 5 heteroatoms. The topological polar surface area (TPSA) is 58.0 Å². The molecular weight excluding hydrogens is 322 g/mol. The molecule has 0 spiro atoms. The summed E-state index contributed by atoms with van der Waals surface area (Å²) >= 11 is 6.13. The van der Waals surface area contributed by atoms with Crippen molar-refractivity contribution in [1.29, 1.82) is 0 Å². The van der Waals surface area contributed by atoms with E-state index in [1.165, 1.54) is 0 Å². The van der Waals surface area contributed by atoms with Gasteiger partial charge in [-0.05, 0) is 24.1 Å². The molecule has 0 amide bonds. The van der Waals surface area contributed by atoms with Crippen molar-refractivity contribution in [2.24, 2.45) is 0 Å². The molecule has 1 aromatic heterocycles. The smallest absolute Gasteiger partial charge is 0.223 e. The van der Waals surface area contributed by atoms with Crippen LogP contribution in [0.2, 0.25) is 5.02 Å². The average Bonchev–Trinajstić information content (AvgIpc) is 2.63. The van der Waals surface area contributed by atoms with Crippen LogP contribution >= 0.6 is 11.6 Å². The minimum absolute atomic E-state index is 0.138. The van der Waals surface area contributed by atoms with Crippen LogP contribution < -0.4 is 5.32 Å². The fourth-order valence-corrected chi connectivity index (χ4v) is 2.62.